The minimum absolute atomic E-state index is 0.0621. The van der Waals surface area contributed by atoms with Crippen molar-refractivity contribution >= 4 is 72.7 Å². The number of sulfonamides is 1. The standard InChI is InChI=1S/C26H20ClN5O3S2/c27-19-10-11-23-22(13-19)24(30-32(26(28)36)20-6-3-7-21(14-20)37(29,34)35)25(33)31(23)15-16-8-9-17-4-1-2-5-18(17)12-16/h1-14H,15H2,(H2,28,36)(H2,29,34,35)/b30-24-. The molecule has 1 aliphatic rings. The minimum atomic E-state index is -3.99. The number of carbonyl (C=O) groups excluding carboxylic acids is 1. The smallest absolute Gasteiger partial charge is 0.279 e. The van der Waals surface area contributed by atoms with Gasteiger partial charge in [-0.1, -0.05) is 54.1 Å². The molecule has 4 aromatic carbocycles. The second-order valence-electron chi connectivity index (χ2n) is 8.38. The van der Waals surface area contributed by atoms with Crippen LogP contribution in [0.3, 0.4) is 0 Å². The van der Waals surface area contributed by atoms with Crippen LogP contribution in [0.25, 0.3) is 10.8 Å². The molecule has 4 N–H and O–H groups in total. The zero-order chi connectivity index (χ0) is 26.3. The van der Waals surface area contributed by atoms with Gasteiger partial charge >= 0.3 is 0 Å². The number of thiocarbonyl (C=S) groups is 1. The first-order valence-corrected chi connectivity index (χ1v) is 13.4. The highest BCUT2D eigenvalue weighted by atomic mass is 35.5. The molecule has 0 unspecified atom stereocenters. The third-order valence-electron chi connectivity index (χ3n) is 5.91. The van der Waals surface area contributed by atoms with Crippen LogP contribution >= 0.6 is 23.8 Å². The first kappa shape index (κ1) is 24.8. The molecule has 0 aromatic heterocycles. The maximum Gasteiger partial charge on any atom is 0.279 e. The number of amides is 1. The Labute approximate surface area is 223 Å². The van der Waals surface area contributed by atoms with E-state index >= 15 is 0 Å². The third kappa shape index (κ3) is 4.92. The van der Waals surface area contributed by atoms with E-state index in [0.29, 0.717) is 22.8 Å². The average molecular weight is 550 g/mol. The summed E-state index contributed by atoms with van der Waals surface area (Å²) in [7, 11) is -3.99. The number of fused-ring (bicyclic) bond motifs is 2. The first-order chi connectivity index (χ1) is 17.6. The summed E-state index contributed by atoms with van der Waals surface area (Å²) in [5.41, 5.74) is 8.29. The largest absolute Gasteiger partial charge is 0.374 e. The lowest BCUT2D eigenvalue weighted by atomic mass is 10.1. The molecule has 11 heteroatoms. The van der Waals surface area contributed by atoms with Gasteiger partial charge in [-0.2, -0.15) is 5.10 Å². The van der Waals surface area contributed by atoms with E-state index in [1.54, 1.807) is 29.2 Å². The Hall–Kier alpha value is -3.83. The number of hydrogen-bond acceptors (Lipinski definition) is 5. The van der Waals surface area contributed by atoms with Gasteiger partial charge in [0, 0.05) is 10.6 Å². The Balaban J connectivity index is 1.57. The molecule has 8 nitrogen and oxygen atoms in total. The molecule has 0 atom stereocenters. The lowest BCUT2D eigenvalue weighted by molar-refractivity contribution is -0.112. The lowest BCUT2D eigenvalue weighted by Gasteiger charge is -2.19. The topological polar surface area (TPSA) is 122 Å². The monoisotopic (exact) mass is 549 g/mol. The van der Waals surface area contributed by atoms with Crippen molar-refractivity contribution in [3.8, 4) is 0 Å². The fraction of sp³-hybridized carbons (Fsp3) is 0.0385. The minimum Gasteiger partial charge on any atom is -0.374 e. The molecule has 0 fully saturated rings. The van der Waals surface area contributed by atoms with Crippen LogP contribution in [0.1, 0.15) is 11.1 Å². The van der Waals surface area contributed by atoms with Gasteiger partial charge in [-0.05, 0) is 71.0 Å². The molecular weight excluding hydrogens is 530 g/mol. The normalized spacial score (nSPS) is 14.3. The van der Waals surface area contributed by atoms with Gasteiger partial charge in [-0.15, -0.1) is 0 Å². The summed E-state index contributed by atoms with van der Waals surface area (Å²) in [5, 5.41) is 13.3. The molecular formula is C26H20ClN5O3S2. The van der Waals surface area contributed by atoms with Crippen molar-refractivity contribution in [3.63, 3.8) is 0 Å². The molecule has 186 valence electrons. The quantitative estimate of drug-likeness (QED) is 0.285. The number of halogens is 1. The van der Waals surface area contributed by atoms with Crippen LogP contribution in [0.4, 0.5) is 11.4 Å². The van der Waals surface area contributed by atoms with Crippen molar-refractivity contribution in [1.82, 2.24) is 0 Å². The van der Waals surface area contributed by atoms with Crippen LogP contribution in [0.15, 0.2) is 94.9 Å². The highest BCUT2D eigenvalue weighted by Gasteiger charge is 2.35. The van der Waals surface area contributed by atoms with Crippen molar-refractivity contribution < 1.29 is 13.2 Å². The van der Waals surface area contributed by atoms with E-state index in [9.17, 15) is 13.2 Å². The van der Waals surface area contributed by atoms with Crippen LogP contribution in [0, 0.1) is 0 Å². The fourth-order valence-corrected chi connectivity index (χ4v) is 5.06. The van der Waals surface area contributed by atoms with Gasteiger partial charge in [0.05, 0.1) is 22.8 Å². The van der Waals surface area contributed by atoms with Gasteiger partial charge in [0.1, 0.15) is 0 Å². The summed E-state index contributed by atoms with van der Waals surface area (Å²) in [6.45, 7) is 0.297. The molecule has 0 radical (unpaired) electrons. The van der Waals surface area contributed by atoms with Crippen molar-refractivity contribution in [1.29, 1.82) is 0 Å². The van der Waals surface area contributed by atoms with E-state index in [4.69, 9.17) is 34.7 Å². The number of hydrazone groups is 1. The molecule has 0 spiro atoms. The highest BCUT2D eigenvalue weighted by molar-refractivity contribution is 7.89. The second-order valence-corrected chi connectivity index (χ2v) is 10.8. The third-order valence-corrected chi connectivity index (χ3v) is 7.23. The number of primary sulfonamides is 1. The van der Waals surface area contributed by atoms with E-state index in [2.05, 4.69) is 5.10 Å². The van der Waals surface area contributed by atoms with E-state index in [1.165, 1.54) is 18.2 Å². The van der Waals surface area contributed by atoms with E-state index in [0.717, 1.165) is 21.3 Å². The lowest BCUT2D eigenvalue weighted by Crippen LogP contribution is -2.35. The number of rotatable bonds is 5. The number of hydrogen-bond donors (Lipinski definition) is 2. The zero-order valence-corrected chi connectivity index (χ0v) is 21.6. The number of nitrogens with zero attached hydrogens (tertiary/aromatic N) is 3. The highest BCUT2D eigenvalue weighted by Crippen LogP contribution is 2.34. The molecule has 0 aliphatic carbocycles. The summed E-state index contributed by atoms with van der Waals surface area (Å²) in [6.07, 6.45) is 0. The van der Waals surface area contributed by atoms with Gasteiger partial charge in [-0.3, -0.25) is 4.79 Å². The summed E-state index contributed by atoms with van der Waals surface area (Å²) in [4.78, 5) is 15.1. The van der Waals surface area contributed by atoms with E-state index in [-0.39, 0.29) is 27.3 Å². The molecule has 1 aliphatic heterocycles. The van der Waals surface area contributed by atoms with Crippen LogP contribution in [0.2, 0.25) is 5.02 Å². The Morgan fingerprint density at radius 3 is 2.46 bits per heavy atom. The zero-order valence-electron chi connectivity index (χ0n) is 19.2. The molecule has 0 saturated heterocycles. The Kier molecular flexibility index (Phi) is 6.42. The molecule has 1 amide bonds. The van der Waals surface area contributed by atoms with Crippen molar-refractivity contribution in [2.24, 2.45) is 16.0 Å². The summed E-state index contributed by atoms with van der Waals surface area (Å²) >= 11 is 11.4. The molecule has 5 rings (SSSR count). The number of nitrogens with two attached hydrogens (primary N) is 2. The number of benzene rings is 4. The fourth-order valence-electron chi connectivity index (χ4n) is 4.19. The maximum absolute atomic E-state index is 13.7. The SMILES string of the molecule is NC(=S)N(/N=C1\C(=O)N(Cc2ccc3ccccc3c2)c2ccc(Cl)cc21)c1cccc(S(N)(=O)=O)c1. The second kappa shape index (κ2) is 9.56. The van der Waals surface area contributed by atoms with Crippen LogP contribution < -0.4 is 20.8 Å². The van der Waals surface area contributed by atoms with Crippen LogP contribution in [-0.4, -0.2) is 25.1 Å². The van der Waals surface area contributed by atoms with Gasteiger partial charge < -0.3 is 10.6 Å². The first-order valence-electron chi connectivity index (χ1n) is 11.0. The molecule has 1 heterocycles. The Bertz CT molecular complexity index is 1720. The Morgan fingerprint density at radius 2 is 1.73 bits per heavy atom. The summed E-state index contributed by atoms with van der Waals surface area (Å²) < 4.78 is 23.7. The molecule has 37 heavy (non-hydrogen) atoms. The van der Waals surface area contributed by atoms with Crippen molar-refractivity contribution in [2.75, 3.05) is 9.91 Å². The molecule has 4 aromatic rings. The van der Waals surface area contributed by atoms with Crippen LogP contribution in [0.5, 0.6) is 0 Å². The van der Waals surface area contributed by atoms with E-state index in [1.807, 2.05) is 42.5 Å². The Morgan fingerprint density at radius 1 is 0.973 bits per heavy atom. The van der Waals surface area contributed by atoms with Crippen molar-refractivity contribution in [3.05, 3.63) is 101 Å². The van der Waals surface area contributed by atoms with Gasteiger partial charge in [0.2, 0.25) is 10.0 Å². The molecule has 0 saturated carbocycles. The van der Waals surface area contributed by atoms with Gasteiger partial charge in [0.15, 0.2) is 10.8 Å². The number of anilines is 2. The summed E-state index contributed by atoms with van der Waals surface area (Å²) in [5.74, 6) is -0.380. The van der Waals surface area contributed by atoms with Gasteiger partial charge in [0.25, 0.3) is 5.91 Å². The predicted octanol–water partition coefficient (Wildman–Crippen LogP) is 4.14. The van der Waals surface area contributed by atoms with E-state index < -0.39 is 10.0 Å². The molecule has 0 bridgehead atoms. The van der Waals surface area contributed by atoms with Crippen molar-refractivity contribution in [2.45, 2.75) is 11.4 Å². The predicted molar refractivity (Wildman–Crippen MR) is 150 cm³/mol. The number of carbonyl (C=O) groups is 1. The summed E-state index contributed by atoms with van der Waals surface area (Å²) in [6, 6.07) is 24.8. The van der Waals surface area contributed by atoms with Gasteiger partial charge in [-0.25, -0.2) is 18.6 Å². The maximum atomic E-state index is 13.7. The van der Waals surface area contributed by atoms with Crippen LogP contribution in [-0.2, 0) is 21.4 Å². The average Bonchev–Trinajstić information content (AvgIpc) is 3.11.